The Labute approximate surface area is 129 Å². The van der Waals surface area contributed by atoms with Gasteiger partial charge in [0.15, 0.2) is 0 Å². The summed E-state index contributed by atoms with van der Waals surface area (Å²) in [6, 6.07) is 5.74. The molecule has 0 saturated carbocycles. The highest BCUT2D eigenvalue weighted by Gasteiger charge is 2.08. The topological polar surface area (TPSA) is 91.3 Å². The number of carbonyl (C=O) groups is 2. The van der Waals surface area contributed by atoms with Gasteiger partial charge in [-0.05, 0) is 36.8 Å². The van der Waals surface area contributed by atoms with E-state index in [9.17, 15) is 9.59 Å². The molecule has 2 rings (SSSR count). The van der Waals surface area contributed by atoms with E-state index in [0.29, 0.717) is 15.8 Å². The molecule has 0 bridgehead atoms. The van der Waals surface area contributed by atoms with Crippen LogP contribution >= 0.6 is 15.9 Å². The van der Waals surface area contributed by atoms with Crippen molar-refractivity contribution in [3.05, 3.63) is 52.3 Å². The van der Waals surface area contributed by atoms with Crippen molar-refractivity contribution in [3.63, 3.8) is 0 Å². The summed E-state index contributed by atoms with van der Waals surface area (Å²) in [5, 5.41) is 14.2. The van der Waals surface area contributed by atoms with Gasteiger partial charge < -0.3 is 15.7 Å². The van der Waals surface area contributed by atoms with Crippen LogP contribution in [0.15, 0.2) is 41.1 Å². The van der Waals surface area contributed by atoms with Crippen LogP contribution in [-0.2, 0) is 0 Å². The molecule has 1 aromatic carbocycles. The van der Waals surface area contributed by atoms with E-state index < -0.39 is 12.0 Å². The van der Waals surface area contributed by atoms with Gasteiger partial charge in [0, 0.05) is 16.4 Å². The minimum Gasteiger partial charge on any atom is -0.478 e. The molecule has 2 amide bonds. The molecule has 0 unspecified atom stereocenters. The zero-order valence-corrected chi connectivity index (χ0v) is 12.6. The average molecular weight is 350 g/mol. The van der Waals surface area contributed by atoms with E-state index in [1.807, 2.05) is 6.92 Å². The predicted molar refractivity (Wildman–Crippen MR) is 82.7 cm³/mol. The van der Waals surface area contributed by atoms with Gasteiger partial charge in [-0.1, -0.05) is 15.9 Å². The molecule has 3 N–H and O–H groups in total. The molecule has 0 spiro atoms. The van der Waals surface area contributed by atoms with Crippen molar-refractivity contribution in [1.29, 1.82) is 0 Å². The van der Waals surface area contributed by atoms with Crippen molar-refractivity contribution in [3.8, 4) is 0 Å². The summed E-state index contributed by atoms with van der Waals surface area (Å²) in [5.74, 6) is -1.07. The van der Waals surface area contributed by atoms with Crippen LogP contribution in [-0.4, -0.2) is 22.1 Å². The number of carboxylic acid groups (broad SMARTS) is 1. The third-order valence-corrected chi connectivity index (χ3v) is 2.99. The van der Waals surface area contributed by atoms with Gasteiger partial charge in [0.2, 0.25) is 0 Å². The number of halogens is 1. The SMILES string of the molecule is Cc1cncc(NC(=O)Nc2cc(Br)cc(C(=O)O)c2)c1. The third kappa shape index (κ3) is 4.28. The van der Waals surface area contributed by atoms with Gasteiger partial charge in [-0.25, -0.2) is 9.59 Å². The maximum atomic E-state index is 11.9. The van der Waals surface area contributed by atoms with E-state index in [2.05, 4.69) is 31.5 Å². The first-order valence-electron chi connectivity index (χ1n) is 5.97. The van der Waals surface area contributed by atoms with Crippen LogP contribution in [0.5, 0.6) is 0 Å². The molecule has 0 aliphatic carbocycles. The van der Waals surface area contributed by atoms with Crippen LogP contribution in [0.2, 0.25) is 0 Å². The first kappa shape index (κ1) is 15.0. The molecule has 0 fully saturated rings. The van der Waals surface area contributed by atoms with Gasteiger partial charge >= 0.3 is 12.0 Å². The summed E-state index contributed by atoms with van der Waals surface area (Å²) >= 11 is 3.20. The number of urea groups is 1. The van der Waals surface area contributed by atoms with E-state index in [0.717, 1.165) is 5.56 Å². The number of carboxylic acids is 1. The summed E-state index contributed by atoms with van der Waals surface area (Å²) in [5.41, 5.74) is 1.93. The van der Waals surface area contributed by atoms with Gasteiger partial charge in [-0.2, -0.15) is 0 Å². The molecule has 0 radical (unpaired) electrons. The summed E-state index contributed by atoms with van der Waals surface area (Å²) in [7, 11) is 0. The summed E-state index contributed by atoms with van der Waals surface area (Å²) in [4.78, 5) is 26.8. The Hall–Kier alpha value is -2.41. The van der Waals surface area contributed by atoms with Crippen LogP contribution in [0.25, 0.3) is 0 Å². The van der Waals surface area contributed by atoms with Crippen molar-refractivity contribution in [2.45, 2.75) is 6.92 Å². The van der Waals surface area contributed by atoms with Crippen molar-refractivity contribution in [2.24, 2.45) is 0 Å². The Bertz CT molecular complexity index is 704. The molecule has 0 atom stereocenters. The highest BCUT2D eigenvalue weighted by molar-refractivity contribution is 9.10. The van der Waals surface area contributed by atoms with Crippen molar-refractivity contribution in [1.82, 2.24) is 4.98 Å². The van der Waals surface area contributed by atoms with Crippen molar-refractivity contribution in [2.75, 3.05) is 10.6 Å². The molecule has 1 aromatic heterocycles. The van der Waals surface area contributed by atoms with Crippen LogP contribution in [0.4, 0.5) is 16.2 Å². The Morgan fingerprint density at radius 3 is 2.48 bits per heavy atom. The molecule has 108 valence electrons. The lowest BCUT2D eigenvalue weighted by Crippen LogP contribution is -2.19. The quantitative estimate of drug-likeness (QED) is 0.790. The van der Waals surface area contributed by atoms with Crippen LogP contribution in [0.3, 0.4) is 0 Å². The maximum absolute atomic E-state index is 11.9. The second-order valence-corrected chi connectivity index (χ2v) is 5.28. The minimum absolute atomic E-state index is 0.0805. The molecule has 0 aliphatic rings. The van der Waals surface area contributed by atoms with Gasteiger partial charge in [-0.3, -0.25) is 4.98 Å². The van der Waals surface area contributed by atoms with Crippen molar-refractivity contribution < 1.29 is 14.7 Å². The number of nitrogens with zero attached hydrogens (tertiary/aromatic N) is 1. The fourth-order valence-electron chi connectivity index (χ4n) is 1.70. The number of aryl methyl sites for hydroxylation is 1. The molecular weight excluding hydrogens is 338 g/mol. The Kier molecular flexibility index (Phi) is 4.54. The number of anilines is 2. The monoisotopic (exact) mass is 349 g/mol. The van der Waals surface area contributed by atoms with Crippen LogP contribution in [0, 0.1) is 6.92 Å². The zero-order chi connectivity index (χ0) is 15.4. The normalized spacial score (nSPS) is 10.0. The minimum atomic E-state index is -1.07. The Morgan fingerprint density at radius 1 is 1.10 bits per heavy atom. The van der Waals surface area contributed by atoms with Gasteiger partial charge in [0.05, 0.1) is 17.4 Å². The summed E-state index contributed by atoms with van der Waals surface area (Å²) in [6.07, 6.45) is 3.20. The van der Waals surface area contributed by atoms with Crippen LogP contribution < -0.4 is 10.6 Å². The lowest BCUT2D eigenvalue weighted by atomic mass is 10.2. The fourth-order valence-corrected chi connectivity index (χ4v) is 2.20. The number of hydrogen-bond donors (Lipinski definition) is 3. The fraction of sp³-hybridized carbons (Fsp3) is 0.0714. The number of benzene rings is 1. The first-order valence-corrected chi connectivity index (χ1v) is 6.77. The maximum Gasteiger partial charge on any atom is 0.335 e. The molecule has 1 heterocycles. The highest BCUT2D eigenvalue weighted by atomic mass is 79.9. The number of aromatic nitrogens is 1. The number of aromatic carboxylic acids is 1. The van der Waals surface area contributed by atoms with E-state index in [4.69, 9.17) is 5.11 Å². The number of nitrogens with one attached hydrogen (secondary N) is 2. The summed E-state index contributed by atoms with van der Waals surface area (Å²) in [6.45, 7) is 1.86. The highest BCUT2D eigenvalue weighted by Crippen LogP contribution is 2.20. The average Bonchev–Trinajstić information content (AvgIpc) is 2.37. The molecule has 6 nitrogen and oxygen atoms in total. The smallest absolute Gasteiger partial charge is 0.335 e. The molecule has 0 aliphatic heterocycles. The molecular formula is C14H12BrN3O3. The second-order valence-electron chi connectivity index (χ2n) is 4.36. The molecule has 21 heavy (non-hydrogen) atoms. The van der Waals surface area contributed by atoms with Crippen molar-refractivity contribution >= 4 is 39.3 Å². The van der Waals surface area contributed by atoms with E-state index >= 15 is 0 Å². The first-order chi connectivity index (χ1) is 9.94. The number of amides is 2. The predicted octanol–water partition coefficient (Wildman–Crippen LogP) is 3.49. The number of rotatable bonds is 3. The van der Waals surface area contributed by atoms with E-state index in [-0.39, 0.29) is 5.56 Å². The zero-order valence-electron chi connectivity index (χ0n) is 11.1. The second kappa shape index (κ2) is 6.36. The molecule has 7 heteroatoms. The number of hydrogen-bond acceptors (Lipinski definition) is 3. The number of pyridine rings is 1. The van der Waals surface area contributed by atoms with Gasteiger partial charge in [-0.15, -0.1) is 0 Å². The third-order valence-electron chi connectivity index (χ3n) is 2.54. The Balaban J connectivity index is 2.11. The van der Waals surface area contributed by atoms with Gasteiger partial charge in [0.1, 0.15) is 0 Å². The molecule has 0 saturated heterocycles. The van der Waals surface area contributed by atoms with E-state index in [1.165, 1.54) is 18.3 Å². The van der Waals surface area contributed by atoms with Crippen LogP contribution in [0.1, 0.15) is 15.9 Å². The molecule has 2 aromatic rings. The largest absolute Gasteiger partial charge is 0.478 e. The summed E-state index contributed by atoms with van der Waals surface area (Å²) < 4.78 is 0.565. The Morgan fingerprint density at radius 2 is 1.81 bits per heavy atom. The van der Waals surface area contributed by atoms with Gasteiger partial charge in [0.25, 0.3) is 0 Å². The number of carbonyl (C=O) groups excluding carboxylic acids is 1. The lowest BCUT2D eigenvalue weighted by Gasteiger charge is -2.09. The standard InChI is InChI=1S/C14H12BrN3O3/c1-8-2-12(7-16-6-8)18-14(21)17-11-4-9(13(19)20)3-10(15)5-11/h2-7H,1H3,(H,19,20)(H2,17,18,21). The lowest BCUT2D eigenvalue weighted by molar-refractivity contribution is 0.0697. The van der Waals surface area contributed by atoms with E-state index in [1.54, 1.807) is 18.3 Å².